The van der Waals surface area contributed by atoms with Crippen LogP contribution in [-0.2, 0) is 20.0 Å². The van der Waals surface area contributed by atoms with Crippen molar-refractivity contribution in [1.29, 1.82) is 0 Å². The summed E-state index contributed by atoms with van der Waals surface area (Å²) in [5, 5.41) is 0. The first-order chi connectivity index (χ1) is 9.15. The van der Waals surface area contributed by atoms with Gasteiger partial charge in [0, 0.05) is 24.6 Å². The normalized spacial score (nSPS) is 17.6. The Morgan fingerprint density at radius 1 is 1.26 bits per heavy atom. The van der Waals surface area contributed by atoms with Gasteiger partial charge >= 0.3 is 0 Å². The minimum Gasteiger partial charge on any atom is -0.493 e. The lowest BCUT2D eigenvalue weighted by Gasteiger charge is -2.25. The molecule has 1 aliphatic rings. The van der Waals surface area contributed by atoms with Crippen molar-refractivity contribution in [2.45, 2.75) is 19.1 Å². The fourth-order valence-electron chi connectivity index (χ4n) is 2.05. The predicted octanol–water partition coefficient (Wildman–Crippen LogP) is 3.08. The third-order valence-corrected chi connectivity index (χ3v) is 3.51. The van der Waals surface area contributed by atoms with E-state index in [9.17, 15) is 0 Å². The van der Waals surface area contributed by atoms with Crippen molar-refractivity contribution < 1.29 is 18.9 Å². The summed E-state index contributed by atoms with van der Waals surface area (Å²) in [6.07, 6.45) is 0.848. The van der Waals surface area contributed by atoms with Gasteiger partial charge < -0.3 is 18.9 Å². The van der Waals surface area contributed by atoms with E-state index in [1.165, 1.54) is 0 Å². The van der Waals surface area contributed by atoms with Crippen molar-refractivity contribution >= 4 is 15.9 Å². The molecule has 0 N–H and O–H groups in total. The Morgan fingerprint density at radius 3 is 2.68 bits per heavy atom. The molecule has 0 aromatic heterocycles. The molecule has 1 aromatic rings. The van der Waals surface area contributed by atoms with E-state index in [2.05, 4.69) is 15.9 Å². The number of rotatable bonds is 6. The van der Waals surface area contributed by atoms with Crippen molar-refractivity contribution in [3.05, 3.63) is 28.2 Å². The highest BCUT2D eigenvalue weighted by Gasteiger charge is 2.35. The molecule has 4 nitrogen and oxygen atoms in total. The van der Waals surface area contributed by atoms with E-state index in [0.717, 1.165) is 22.2 Å². The first-order valence-corrected chi connectivity index (χ1v) is 7.15. The second-order valence-corrected chi connectivity index (χ2v) is 5.39. The van der Waals surface area contributed by atoms with E-state index in [-0.39, 0.29) is 0 Å². The molecule has 19 heavy (non-hydrogen) atoms. The molecule has 1 aromatic carbocycles. The zero-order valence-electron chi connectivity index (χ0n) is 11.3. The van der Waals surface area contributed by atoms with Gasteiger partial charge in [0.2, 0.25) is 0 Å². The fraction of sp³-hybridized carbons (Fsp3) is 0.571. The minimum atomic E-state index is -0.711. The first kappa shape index (κ1) is 14.8. The van der Waals surface area contributed by atoms with Crippen molar-refractivity contribution in [2.24, 2.45) is 0 Å². The number of benzene rings is 1. The quantitative estimate of drug-likeness (QED) is 0.751. The molecular weight excluding hydrogens is 312 g/mol. The molecule has 106 valence electrons. The highest BCUT2D eigenvalue weighted by Crippen LogP contribution is 2.38. The van der Waals surface area contributed by atoms with Crippen LogP contribution < -0.4 is 4.74 Å². The van der Waals surface area contributed by atoms with E-state index in [4.69, 9.17) is 18.9 Å². The highest BCUT2D eigenvalue weighted by atomic mass is 79.9. The first-order valence-electron chi connectivity index (χ1n) is 6.35. The summed E-state index contributed by atoms with van der Waals surface area (Å²) in [6, 6.07) is 5.88. The Kier molecular flexibility index (Phi) is 5.21. The third kappa shape index (κ3) is 3.69. The standard InChI is InChI=1S/C14H19BrO4/c1-14(18-8-9-19-14)12-5-4-11(15)10-13(12)17-7-3-6-16-2/h4-5,10H,3,6-9H2,1-2H3. The molecular formula is C14H19BrO4. The number of methoxy groups -OCH3 is 1. The maximum Gasteiger partial charge on any atom is 0.195 e. The van der Waals surface area contributed by atoms with Gasteiger partial charge in [0.25, 0.3) is 0 Å². The maximum absolute atomic E-state index is 5.83. The van der Waals surface area contributed by atoms with Crippen LogP contribution in [0, 0.1) is 0 Å². The van der Waals surface area contributed by atoms with Crippen LogP contribution in [0.15, 0.2) is 22.7 Å². The molecule has 0 saturated carbocycles. The largest absolute Gasteiger partial charge is 0.493 e. The summed E-state index contributed by atoms with van der Waals surface area (Å²) in [5.74, 6) is 0.0759. The molecule has 5 heteroatoms. The van der Waals surface area contributed by atoms with Gasteiger partial charge in [-0.2, -0.15) is 0 Å². The van der Waals surface area contributed by atoms with E-state index in [0.29, 0.717) is 26.4 Å². The van der Waals surface area contributed by atoms with E-state index >= 15 is 0 Å². The van der Waals surface area contributed by atoms with Gasteiger partial charge in [0.15, 0.2) is 5.79 Å². The molecule has 0 atom stereocenters. The Bertz CT molecular complexity index is 416. The zero-order chi connectivity index (χ0) is 13.7. The third-order valence-electron chi connectivity index (χ3n) is 3.02. The molecule has 1 saturated heterocycles. The molecule has 0 bridgehead atoms. The van der Waals surface area contributed by atoms with Crippen LogP contribution >= 0.6 is 15.9 Å². The zero-order valence-corrected chi connectivity index (χ0v) is 12.9. The van der Waals surface area contributed by atoms with Gasteiger partial charge in [0.1, 0.15) is 5.75 Å². The molecule has 0 spiro atoms. The number of ether oxygens (including phenoxy) is 4. The summed E-state index contributed by atoms with van der Waals surface area (Å²) in [7, 11) is 1.69. The van der Waals surface area contributed by atoms with Crippen LogP contribution in [-0.4, -0.2) is 33.5 Å². The Morgan fingerprint density at radius 2 is 2.00 bits per heavy atom. The second-order valence-electron chi connectivity index (χ2n) is 4.48. The lowest BCUT2D eigenvalue weighted by Crippen LogP contribution is -2.23. The van der Waals surface area contributed by atoms with Gasteiger partial charge in [-0.3, -0.25) is 0 Å². The summed E-state index contributed by atoms with van der Waals surface area (Å²) in [4.78, 5) is 0. The topological polar surface area (TPSA) is 36.9 Å². The Balaban J connectivity index is 2.13. The van der Waals surface area contributed by atoms with Crippen molar-refractivity contribution in [2.75, 3.05) is 33.5 Å². The summed E-state index contributed by atoms with van der Waals surface area (Å²) < 4.78 is 23.2. The highest BCUT2D eigenvalue weighted by molar-refractivity contribution is 9.10. The SMILES string of the molecule is COCCCOc1cc(Br)ccc1C1(C)OCCO1. The van der Waals surface area contributed by atoms with Gasteiger partial charge in [0.05, 0.1) is 25.4 Å². The van der Waals surface area contributed by atoms with Gasteiger partial charge in [-0.05, 0) is 25.1 Å². The molecule has 0 unspecified atom stereocenters. The van der Waals surface area contributed by atoms with Crippen molar-refractivity contribution in [3.63, 3.8) is 0 Å². The number of halogens is 1. The number of hydrogen-bond acceptors (Lipinski definition) is 4. The van der Waals surface area contributed by atoms with Gasteiger partial charge in [-0.25, -0.2) is 0 Å². The van der Waals surface area contributed by atoms with Crippen LogP contribution in [0.25, 0.3) is 0 Å². The van der Waals surface area contributed by atoms with Crippen LogP contribution in [0.4, 0.5) is 0 Å². The van der Waals surface area contributed by atoms with Crippen molar-refractivity contribution in [3.8, 4) is 5.75 Å². The maximum atomic E-state index is 5.83. The molecule has 1 fully saturated rings. The van der Waals surface area contributed by atoms with Gasteiger partial charge in [-0.15, -0.1) is 0 Å². The van der Waals surface area contributed by atoms with Crippen LogP contribution in [0.5, 0.6) is 5.75 Å². The average molecular weight is 331 g/mol. The molecule has 2 rings (SSSR count). The monoisotopic (exact) mass is 330 g/mol. The molecule has 0 amide bonds. The molecule has 0 aliphatic carbocycles. The summed E-state index contributed by atoms with van der Waals surface area (Å²) in [6.45, 7) is 4.43. The molecule has 0 radical (unpaired) electrons. The molecule has 1 heterocycles. The van der Waals surface area contributed by atoms with E-state index < -0.39 is 5.79 Å². The average Bonchev–Trinajstić information content (AvgIpc) is 2.83. The van der Waals surface area contributed by atoms with Gasteiger partial charge in [-0.1, -0.05) is 15.9 Å². The number of hydrogen-bond donors (Lipinski definition) is 0. The lowest BCUT2D eigenvalue weighted by molar-refractivity contribution is -0.150. The predicted molar refractivity (Wildman–Crippen MR) is 75.4 cm³/mol. The lowest BCUT2D eigenvalue weighted by atomic mass is 10.1. The van der Waals surface area contributed by atoms with E-state index in [1.54, 1.807) is 7.11 Å². The van der Waals surface area contributed by atoms with Crippen molar-refractivity contribution in [1.82, 2.24) is 0 Å². The second kappa shape index (κ2) is 6.70. The smallest absolute Gasteiger partial charge is 0.195 e. The minimum absolute atomic E-state index is 0.605. The van der Waals surface area contributed by atoms with Crippen LogP contribution in [0.3, 0.4) is 0 Å². The molecule has 1 aliphatic heterocycles. The van der Waals surface area contributed by atoms with E-state index in [1.807, 2.05) is 25.1 Å². The fourth-order valence-corrected chi connectivity index (χ4v) is 2.39. The Labute approximate surface area is 122 Å². The summed E-state index contributed by atoms with van der Waals surface area (Å²) in [5.41, 5.74) is 0.922. The van der Waals surface area contributed by atoms with Crippen LogP contribution in [0.1, 0.15) is 18.9 Å². The van der Waals surface area contributed by atoms with Crippen LogP contribution in [0.2, 0.25) is 0 Å². The Hall–Kier alpha value is -0.620. The summed E-state index contributed by atoms with van der Waals surface area (Å²) >= 11 is 3.46.